The van der Waals surface area contributed by atoms with Crippen LogP contribution in [0.25, 0.3) is 77.5 Å². The van der Waals surface area contributed by atoms with Crippen LogP contribution in [0.15, 0.2) is 158 Å². The van der Waals surface area contributed by atoms with E-state index in [0.29, 0.717) is 0 Å². The van der Waals surface area contributed by atoms with E-state index < -0.39 is 0 Å². The van der Waals surface area contributed by atoms with E-state index in [4.69, 9.17) is 0 Å². The van der Waals surface area contributed by atoms with Gasteiger partial charge in [0.2, 0.25) is 0 Å². The van der Waals surface area contributed by atoms with E-state index in [9.17, 15) is 0 Å². The Morgan fingerprint density at radius 2 is 0.591 bits per heavy atom. The van der Waals surface area contributed by atoms with Crippen molar-refractivity contribution in [1.29, 1.82) is 0 Å². The van der Waals surface area contributed by atoms with Crippen LogP contribution < -0.4 is 0 Å². The minimum atomic E-state index is 0.851. The second-order valence-electron chi connectivity index (χ2n) is 11.1. The molecule has 6 aromatic carbocycles. The molecule has 0 N–H and O–H groups in total. The Balaban J connectivity index is 1.02. The van der Waals surface area contributed by atoms with Gasteiger partial charge >= 0.3 is 0 Å². The topological polar surface area (TPSA) is 35.6 Å². The smallest absolute Gasteiger partial charge is 0.0930 e. The van der Waals surface area contributed by atoms with Crippen LogP contribution in [0.1, 0.15) is 0 Å². The maximum atomic E-state index is 4.61. The van der Waals surface area contributed by atoms with E-state index in [1.165, 1.54) is 43.6 Å². The van der Waals surface area contributed by atoms with Gasteiger partial charge in [-0.05, 0) is 60.7 Å². The largest absolute Gasteiger partial charge is 0.309 e. The van der Waals surface area contributed by atoms with Gasteiger partial charge in [-0.15, -0.1) is 10.2 Å². The lowest BCUT2D eigenvalue weighted by Crippen LogP contribution is -1.95. The van der Waals surface area contributed by atoms with Crippen molar-refractivity contribution < 1.29 is 0 Å². The molecular formula is C40H26N4. The highest BCUT2D eigenvalue weighted by molar-refractivity contribution is 6.10. The van der Waals surface area contributed by atoms with Crippen molar-refractivity contribution in [3.05, 3.63) is 158 Å². The summed E-state index contributed by atoms with van der Waals surface area (Å²) in [5.74, 6) is 0. The molecule has 0 spiro atoms. The number of nitrogens with zero attached hydrogens (tertiary/aromatic N) is 4. The Morgan fingerprint density at radius 3 is 0.886 bits per heavy atom. The van der Waals surface area contributed by atoms with E-state index in [1.54, 1.807) is 0 Å². The predicted molar refractivity (Wildman–Crippen MR) is 182 cm³/mol. The SMILES string of the molecule is c1ccc2c(c1)c1ccccc1n2-c1ccc(-c2ccc(-c3ccc(-n4c5ccccc5c5ccccc54)cc3)nn2)cc1. The van der Waals surface area contributed by atoms with Gasteiger partial charge in [0.25, 0.3) is 0 Å². The summed E-state index contributed by atoms with van der Waals surface area (Å²) in [6.07, 6.45) is 0. The van der Waals surface area contributed by atoms with Crippen molar-refractivity contribution in [2.45, 2.75) is 0 Å². The van der Waals surface area contributed by atoms with Crippen LogP contribution in [0.4, 0.5) is 0 Å². The summed E-state index contributed by atoms with van der Waals surface area (Å²) in [4.78, 5) is 0. The molecule has 0 aliphatic carbocycles. The summed E-state index contributed by atoms with van der Waals surface area (Å²) < 4.78 is 4.65. The van der Waals surface area contributed by atoms with Crippen molar-refractivity contribution in [2.24, 2.45) is 0 Å². The van der Waals surface area contributed by atoms with Crippen molar-refractivity contribution in [3.63, 3.8) is 0 Å². The number of para-hydroxylation sites is 4. The first-order valence-corrected chi connectivity index (χ1v) is 14.9. The Kier molecular flexibility index (Phi) is 5.47. The molecule has 0 amide bonds. The number of benzene rings is 6. The monoisotopic (exact) mass is 562 g/mol. The van der Waals surface area contributed by atoms with Crippen LogP contribution in [0.3, 0.4) is 0 Å². The molecule has 0 bridgehead atoms. The highest BCUT2D eigenvalue weighted by Gasteiger charge is 2.13. The lowest BCUT2D eigenvalue weighted by Gasteiger charge is -2.10. The lowest BCUT2D eigenvalue weighted by atomic mass is 10.1. The van der Waals surface area contributed by atoms with Gasteiger partial charge in [-0.25, -0.2) is 0 Å². The minimum Gasteiger partial charge on any atom is -0.309 e. The van der Waals surface area contributed by atoms with Gasteiger partial charge < -0.3 is 9.13 Å². The zero-order valence-corrected chi connectivity index (χ0v) is 23.8. The molecule has 4 nitrogen and oxygen atoms in total. The molecule has 206 valence electrons. The van der Waals surface area contributed by atoms with Crippen molar-refractivity contribution in [2.75, 3.05) is 0 Å². The maximum Gasteiger partial charge on any atom is 0.0930 e. The van der Waals surface area contributed by atoms with E-state index in [2.05, 4.69) is 177 Å². The summed E-state index contributed by atoms with van der Waals surface area (Å²) in [5, 5.41) is 14.3. The van der Waals surface area contributed by atoms with E-state index in [0.717, 1.165) is 33.9 Å². The molecule has 0 aliphatic rings. The number of hydrogen-bond acceptors (Lipinski definition) is 2. The summed E-state index contributed by atoms with van der Waals surface area (Å²) in [6, 6.07) is 55.6. The third-order valence-corrected chi connectivity index (χ3v) is 8.67. The van der Waals surface area contributed by atoms with E-state index >= 15 is 0 Å². The van der Waals surface area contributed by atoms with Gasteiger partial charge in [-0.1, -0.05) is 97.1 Å². The molecule has 3 aromatic heterocycles. The molecule has 0 fully saturated rings. The van der Waals surface area contributed by atoms with Gasteiger partial charge in [-0.3, -0.25) is 0 Å². The van der Waals surface area contributed by atoms with Crippen LogP contribution in [0.5, 0.6) is 0 Å². The Labute approximate surface area is 254 Å². The molecular weight excluding hydrogens is 536 g/mol. The fourth-order valence-electron chi connectivity index (χ4n) is 6.60. The summed E-state index contributed by atoms with van der Waals surface area (Å²) in [7, 11) is 0. The van der Waals surface area contributed by atoms with Crippen molar-refractivity contribution >= 4 is 43.6 Å². The average molecular weight is 563 g/mol. The van der Waals surface area contributed by atoms with Crippen molar-refractivity contribution in [1.82, 2.24) is 19.3 Å². The molecule has 9 rings (SSSR count). The average Bonchev–Trinajstić information content (AvgIpc) is 3.62. The molecule has 0 saturated heterocycles. The molecule has 4 heteroatoms. The van der Waals surface area contributed by atoms with Gasteiger partial charge in [0.1, 0.15) is 0 Å². The first kappa shape index (κ1) is 24.6. The van der Waals surface area contributed by atoms with Gasteiger partial charge in [0, 0.05) is 44.0 Å². The third kappa shape index (κ3) is 3.78. The fourth-order valence-corrected chi connectivity index (χ4v) is 6.60. The van der Waals surface area contributed by atoms with Crippen LogP contribution in [0.2, 0.25) is 0 Å². The number of hydrogen-bond donors (Lipinski definition) is 0. The Bertz CT molecular complexity index is 2180. The molecule has 44 heavy (non-hydrogen) atoms. The van der Waals surface area contributed by atoms with Gasteiger partial charge in [-0.2, -0.15) is 0 Å². The quantitative estimate of drug-likeness (QED) is 0.214. The number of fused-ring (bicyclic) bond motifs is 6. The highest BCUT2D eigenvalue weighted by Crippen LogP contribution is 2.34. The highest BCUT2D eigenvalue weighted by atomic mass is 15.1. The molecule has 0 aliphatic heterocycles. The summed E-state index contributed by atoms with van der Waals surface area (Å²) in [5.41, 5.74) is 10.8. The Morgan fingerprint density at radius 1 is 0.295 bits per heavy atom. The summed E-state index contributed by atoms with van der Waals surface area (Å²) in [6.45, 7) is 0. The summed E-state index contributed by atoms with van der Waals surface area (Å²) >= 11 is 0. The normalized spacial score (nSPS) is 11.6. The number of aromatic nitrogens is 4. The predicted octanol–water partition coefficient (Wildman–Crippen LogP) is 10.0. The van der Waals surface area contributed by atoms with E-state index in [1.807, 2.05) is 0 Å². The molecule has 3 heterocycles. The zero-order valence-electron chi connectivity index (χ0n) is 23.8. The number of rotatable bonds is 4. The van der Waals surface area contributed by atoms with Crippen molar-refractivity contribution in [3.8, 4) is 33.9 Å². The fraction of sp³-hybridized carbons (Fsp3) is 0. The molecule has 0 saturated carbocycles. The lowest BCUT2D eigenvalue weighted by molar-refractivity contribution is 1.04. The van der Waals surface area contributed by atoms with Gasteiger partial charge in [0.05, 0.1) is 33.5 Å². The molecule has 9 aromatic rings. The first-order chi connectivity index (χ1) is 21.8. The van der Waals surface area contributed by atoms with Crippen LogP contribution >= 0.6 is 0 Å². The first-order valence-electron chi connectivity index (χ1n) is 14.9. The van der Waals surface area contributed by atoms with E-state index in [-0.39, 0.29) is 0 Å². The second-order valence-corrected chi connectivity index (χ2v) is 11.1. The van der Waals surface area contributed by atoms with Gasteiger partial charge in [0.15, 0.2) is 0 Å². The molecule has 0 unspecified atom stereocenters. The maximum absolute atomic E-state index is 4.61. The molecule has 0 atom stereocenters. The van der Waals surface area contributed by atoms with Crippen LogP contribution in [-0.4, -0.2) is 19.3 Å². The third-order valence-electron chi connectivity index (χ3n) is 8.67. The molecule has 0 radical (unpaired) electrons. The second kappa shape index (κ2) is 9.79. The Hall–Kier alpha value is -6.00. The minimum absolute atomic E-state index is 0.851. The van der Waals surface area contributed by atoms with Crippen LogP contribution in [-0.2, 0) is 0 Å². The standard InChI is InChI=1S/C40H26N4/c1-5-13-37-31(9-1)32-10-2-6-14-38(32)43(37)29-21-17-27(18-22-29)35-25-26-36(42-41-35)28-19-23-30(24-20-28)44-39-15-7-3-11-33(39)34-12-4-8-16-40(34)44/h1-26H. The zero-order chi connectivity index (χ0) is 29.0. The van der Waals surface area contributed by atoms with Crippen LogP contribution in [0, 0.1) is 0 Å².